The number of aromatic nitrogens is 1. The van der Waals surface area contributed by atoms with Crippen molar-refractivity contribution in [2.45, 2.75) is 20.3 Å². The third kappa shape index (κ3) is 3.51. The summed E-state index contributed by atoms with van der Waals surface area (Å²) in [6, 6.07) is 11.3. The molecule has 3 aromatic rings. The van der Waals surface area contributed by atoms with Crippen LogP contribution in [0.3, 0.4) is 0 Å². The zero-order chi connectivity index (χ0) is 16.2. The molecule has 0 spiro atoms. The normalized spacial score (nSPS) is 10.7. The third-order valence-electron chi connectivity index (χ3n) is 3.58. The summed E-state index contributed by atoms with van der Waals surface area (Å²) in [5, 5.41) is 2.80. The minimum absolute atomic E-state index is 0.227. The molecule has 1 N–H and O–H groups in total. The molecule has 0 unspecified atom stereocenters. The predicted molar refractivity (Wildman–Crippen MR) is 86.2 cm³/mol. The number of hydrogen-bond donors (Lipinski definition) is 1. The number of carbonyl (C=O) groups is 1. The van der Waals surface area contributed by atoms with Crippen molar-refractivity contribution in [2.75, 3.05) is 6.54 Å². The molecule has 1 amide bonds. The maximum Gasteiger partial charge on any atom is 0.286 e. The van der Waals surface area contributed by atoms with E-state index in [4.69, 9.17) is 8.83 Å². The lowest BCUT2D eigenvalue weighted by Gasteiger charge is -2.01. The van der Waals surface area contributed by atoms with Gasteiger partial charge in [-0.05, 0) is 38.1 Å². The number of nitrogens with one attached hydrogen (secondary N) is 1. The van der Waals surface area contributed by atoms with Gasteiger partial charge in [-0.15, -0.1) is 0 Å². The smallest absolute Gasteiger partial charge is 0.286 e. The van der Waals surface area contributed by atoms with Crippen LogP contribution >= 0.6 is 0 Å². The van der Waals surface area contributed by atoms with E-state index in [-0.39, 0.29) is 5.91 Å². The molecule has 0 atom stereocenters. The summed E-state index contributed by atoms with van der Waals surface area (Å²) in [6.45, 7) is 4.40. The van der Waals surface area contributed by atoms with E-state index in [1.807, 2.05) is 38.1 Å². The predicted octanol–water partition coefficient (Wildman–Crippen LogP) is 3.52. The van der Waals surface area contributed by atoms with Gasteiger partial charge in [0.15, 0.2) is 5.76 Å². The monoisotopic (exact) mass is 310 g/mol. The number of rotatable bonds is 5. The first kappa shape index (κ1) is 15.1. The quantitative estimate of drug-likeness (QED) is 0.783. The SMILES string of the molecule is Cc1ccc(-c2nc(CCNC(=O)c3ccco3)c(C)o2)cc1. The van der Waals surface area contributed by atoms with Crippen molar-refractivity contribution < 1.29 is 13.6 Å². The van der Waals surface area contributed by atoms with Gasteiger partial charge in [0.25, 0.3) is 5.91 Å². The van der Waals surface area contributed by atoms with E-state index in [0.29, 0.717) is 24.6 Å². The first-order valence-electron chi connectivity index (χ1n) is 7.48. The highest BCUT2D eigenvalue weighted by molar-refractivity contribution is 5.91. The van der Waals surface area contributed by atoms with Gasteiger partial charge in [-0.2, -0.15) is 0 Å². The highest BCUT2D eigenvalue weighted by atomic mass is 16.4. The molecule has 0 aliphatic carbocycles. The van der Waals surface area contributed by atoms with Crippen LogP contribution in [0, 0.1) is 13.8 Å². The maximum absolute atomic E-state index is 11.8. The molecule has 0 aliphatic heterocycles. The largest absolute Gasteiger partial charge is 0.459 e. The van der Waals surface area contributed by atoms with E-state index < -0.39 is 0 Å². The molecule has 2 aromatic heterocycles. The van der Waals surface area contributed by atoms with Crippen LogP contribution in [0.4, 0.5) is 0 Å². The zero-order valence-electron chi connectivity index (χ0n) is 13.1. The summed E-state index contributed by atoms with van der Waals surface area (Å²) >= 11 is 0. The molecule has 0 saturated heterocycles. The second-order valence-electron chi connectivity index (χ2n) is 5.37. The lowest BCUT2D eigenvalue weighted by atomic mass is 10.1. The van der Waals surface area contributed by atoms with Gasteiger partial charge in [0.1, 0.15) is 5.76 Å². The van der Waals surface area contributed by atoms with Gasteiger partial charge < -0.3 is 14.2 Å². The van der Waals surface area contributed by atoms with Crippen LogP contribution in [-0.2, 0) is 6.42 Å². The summed E-state index contributed by atoms with van der Waals surface area (Å²) in [4.78, 5) is 16.3. The van der Waals surface area contributed by atoms with Gasteiger partial charge in [0, 0.05) is 18.5 Å². The van der Waals surface area contributed by atoms with Gasteiger partial charge in [0.2, 0.25) is 5.89 Å². The topological polar surface area (TPSA) is 68.3 Å². The molecule has 0 bridgehead atoms. The highest BCUT2D eigenvalue weighted by Gasteiger charge is 2.12. The molecule has 0 radical (unpaired) electrons. The van der Waals surface area contributed by atoms with Crippen molar-refractivity contribution in [3.05, 3.63) is 65.4 Å². The van der Waals surface area contributed by atoms with Crippen molar-refractivity contribution in [2.24, 2.45) is 0 Å². The van der Waals surface area contributed by atoms with Crippen LogP contribution in [0.1, 0.15) is 27.6 Å². The Morgan fingerprint density at radius 1 is 1.17 bits per heavy atom. The van der Waals surface area contributed by atoms with E-state index >= 15 is 0 Å². The fourth-order valence-corrected chi connectivity index (χ4v) is 2.27. The Bertz CT molecular complexity index is 786. The van der Waals surface area contributed by atoms with Crippen LogP contribution in [-0.4, -0.2) is 17.4 Å². The Morgan fingerprint density at radius 2 is 1.96 bits per heavy atom. The number of aryl methyl sites for hydroxylation is 2. The van der Waals surface area contributed by atoms with E-state index in [1.54, 1.807) is 12.1 Å². The van der Waals surface area contributed by atoms with Crippen LogP contribution in [0.15, 0.2) is 51.5 Å². The number of amides is 1. The summed E-state index contributed by atoms with van der Waals surface area (Å²) < 4.78 is 10.8. The van der Waals surface area contributed by atoms with E-state index in [2.05, 4.69) is 10.3 Å². The summed E-state index contributed by atoms with van der Waals surface area (Å²) in [5.41, 5.74) is 2.99. The van der Waals surface area contributed by atoms with Crippen LogP contribution in [0.25, 0.3) is 11.5 Å². The highest BCUT2D eigenvalue weighted by Crippen LogP contribution is 2.22. The zero-order valence-corrected chi connectivity index (χ0v) is 13.1. The van der Waals surface area contributed by atoms with Gasteiger partial charge in [-0.25, -0.2) is 4.98 Å². The average molecular weight is 310 g/mol. The van der Waals surface area contributed by atoms with Crippen molar-refractivity contribution >= 4 is 5.91 Å². The molecule has 118 valence electrons. The van der Waals surface area contributed by atoms with Crippen molar-refractivity contribution in [1.82, 2.24) is 10.3 Å². The summed E-state index contributed by atoms with van der Waals surface area (Å²) in [7, 11) is 0. The second-order valence-corrected chi connectivity index (χ2v) is 5.37. The molecular weight excluding hydrogens is 292 g/mol. The van der Waals surface area contributed by atoms with Crippen LogP contribution in [0.2, 0.25) is 0 Å². The molecule has 0 aliphatic rings. The molecule has 23 heavy (non-hydrogen) atoms. The number of nitrogens with zero attached hydrogens (tertiary/aromatic N) is 1. The lowest BCUT2D eigenvalue weighted by molar-refractivity contribution is 0.0926. The second kappa shape index (κ2) is 6.52. The fourth-order valence-electron chi connectivity index (χ4n) is 2.27. The Morgan fingerprint density at radius 3 is 2.65 bits per heavy atom. The summed E-state index contributed by atoms with van der Waals surface area (Å²) in [6.07, 6.45) is 2.08. The average Bonchev–Trinajstić information content (AvgIpc) is 3.18. The number of furan rings is 1. The van der Waals surface area contributed by atoms with Crippen molar-refractivity contribution in [3.63, 3.8) is 0 Å². The fraction of sp³-hybridized carbons (Fsp3) is 0.222. The Kier molecular flexibility index (Phi) is 4.28. The standard InChI is InChI=1S/C18H18N2O3/c1-12-5-7-14(8-6-12)18-20-15(13(2)23-18)9-10-19-17(21)16-4-3-11-22-16/h3-8,11H,9-10H2,1-2H3,(H,19,21). The van der Waals surface area contributed by atoms with Gasteiger partial charge in [-0.1, -0.05) is 17.7 Å². The van der Waals surface area contributed by atoms with E-state index in [9.17, 15) is 4.79 Å². The maximum atomic E-state index is 11.8. The van der Waals surface area contributed by atoms with E-state index in [0.717, 1.165) is 17.0 Å². The molecule has 1 aromatic carbocycles. The molecule has 0 saturated carbocycles. The molecule has 5 heteroatoms. The Hall–Kier alpha value is -2.82. The number of carbonyl (C=O) groups excluding carboxylic acids is 1. The number of oxazole rings is 1. The number of hydrogen-bond acceptors (Lipinski definition) is 4. The Balaban J connectivity index is 1.62. The molecular formula is C18H18N2O3. The molecule has 3 rings (SSSR count). The van der Waals surface area contributed by atoms with Crippen LogP contribution in [0.5, 0.6) is 0 Å². The van der Waals surface area contributed by atoms with Crippen LogP contribution < -0.4 is 5.32 Å². The number of benzene rings is 1. The van der Waals surface area contributed by atoms with Gasteiger partial charge >= 0.3 is 0 Å². The van der Waals surface area contributed by atoms with Gasteiger partial charge in [0.05, 0.1) is 12.0 Å². The molecule has 5 nitrogen and oxygen atoms in total. The minimum Gasteiger partial charge on any atom is -0.459 e. The van der Waals surface area contributed by atoms with Crippen molar-refractivity contribution in [1.29, 1.82) is 0 Å². The molecule has 0 fully saturated rings. The lowest BCUT2D eigenvalue weighted by Crippen LogP contribution is -2.25. The Labute approximate surface area is 134 Å². The van der Waals surface area contributed by atoms with Crippen molar-refractivity contribution in [3.8, 4) is 11.5 Å². The first-order valence-corrected chi connectivity index (χ1v) is 7.48. The van der Waals surface area contributed by atoms with E-state index in [1.165, 1.54) is 11.8 Å². The minimum atomic E-state index is -0.227. The third-order valence-corrected chi connectivity index (χ3v) is 3.58. The first-order chi connectivity index (χ1) is 11.1. The van der Waals surface area contributed by atoms with Gasteiger partial charge in [-0.3, -0.25) is 4.79 Å². The molecule has 2 heterocycles. The summed E-state index contributed by atoms with van der Waals surface area (Å²) in [5.74, 6) is 1.46.